The first-order chi connectivity index (χ1) is 11.0. The molecule has 1 heterocycles. The van der Waals surface area contributed by atoms with Crippen molar-refractivity contribution in [1.29, 1.82) is 0 Å². The number of β-amino-alcohol motifs (C(OH)–C–C–N with tert-alkyl or cyclic N) is 1. The maximum atomic E-state index is 10.6. The number of aliphatic hydroxyl groups is 1. The van der Waals surface area contributed by atoms with Gasteiger partial charge in [0.05, 0.1) is 12.7 Å². The number of methoxy groups -OCH3 is 1. The summed E-state index contributed by atoms with van der Waals surface area (Å²) in [5.41, 5.74) is 3.55. The molecule has 0 spiro atoms. The molecule has 1 aliphatic rings. The summed E-state index contributed by atoms with van der Waals surface area (Å²) in [4.78, 5) is 4.92. The second kappa shape index (κ2) is 8.78. The molecule has 0 aromatic heterocycles. The molecular weight excluding hydrogens is 288 g/mol. The molecule has 1 N–H and O–H groups in total. The molecule has 0 aliphatic carbocycles. The number of ether oxygens (including phenoxy) is 1. The Morgan fingerprint density at radius 3 is 2.70 bits per heavy atom. The van der Waals surface area contributed by atoms with E-state index in [1.165, 1.54) is 11.1 Å². The molecular formula is C19H32N2O2. The van der Waals surface area contributed by atoms with Crippen LogP contribution in [0.3, 0.4) is 0 Å². The van der Waals surface area contributed by atoms with Gasteiger partial charge in [0.25, 0.3) is 0 Å². The maximum Gasteiger partial charge on any atom is 0.0917 e. The van der Waals surface area contributed by atoms with Gasteiger partial charge in [-0.15, -0.1) is 0 Å². The Labute approximate surface area is 141 Å². The van der Waals surface area contributed by atoms with Gasteiger partial charge in [0.15, 0.2) is 0 Å². The topological polar surface area (TPSA) is 35.9 Å². The molecule has 4 nitrogen and oxygen atoms in total. The highest BCUT2D eigenvalue weighted by molar-refractivity contribution is 5.31. The van der Waals surface area contributed by atoms with Crippen LogP contribution < -0.4 is 0 Å². The van der Waals surface area contributed by atoms with Gasteiger partial charge in [-0.25, -0.2) is 0 Å². The van der Waals surface area contributed by atoms with E-state index in [2.05, 4.69) is 48.8 Å². The summed E-state index contributed by atoms with van der Waals surface area (Å²) in [6, 6.07) is 6.84. The fourth-order valence-corrected chi connectivity index (χ4v) is 3.34. The second-order valence-electron chi connectivity index (χ2n) is 6.71. The van der Waals surface area contributed by atoms with Crippen molar-refractivity contribution in [1.82, 2.24) is 9.80 Å². The summed E-state index contributed by atoms with van der Waals surface area (Å²) < 4.78 is 5.21. The molecule has 0 bridgehead atoms. The van der Waals surface area contributed by atoms with E-state index in [1.807, 2.05) is 0 Å². The molecule has 4 heteroatoms. The van der Waals surface area contributed by atoms with Crippen LogP contribution in [0.4, 0.5) is 0 Å². The Kier molecular flexibility index (Phi) is 7.03. The van der Waals surface area contributed by atoms with E-state index in [-0.39, 0.29) is 0 Å². The number of nitrogens with zero attached hydrogens (tertiary/aromatic N) is 2. The number of aryl methyl sites for hydroxylation is 2. The van der Waals surface area contributed by atoms with Crippen molar-refractivity contribution in [2.75, 3.05) is 46.4 Å². The summed E-state index contributed by atoms with van der Waals surface area (Å²) >= 11 is 0. The van der Waals surface area contributed by atoms with Crippen molar-refractivity contribution < 1.29 is 9.84 Å². The van der Waals surface area contributed by atoms with E-state index in [1.54, 1.807) is 7.11 Å². The summed E-state index contributed by atoms with van der Waals surface area (Å²) in [5, 5.41) is 10.6. The number of rotatable bonds is 7. The van der Waals surface area contributed by atoms with Gasteiger partial charge in [-0.3, -0.25) is 9.80 Å². The molecule has 2 rings (SSSR count). The van der Waals surface area contributed by atoms with Crippen LogP contribution in [0, 0.1) is 13.8 Å². The Balaban J connectivity index is 1.91. The summed E-state index contributed by atoms with van der Waals surface area (Å²) in [7, 11) is 1.76. The highest BCUT2D eigenvalue weighted by Crippen LogP contribution is 2.20. The third-order valence-corrected chi connectivity index (χ3v) is 5.09. The van der Waals surface area contributed by atoms with E-state index in [0.29, 0.717) is 6.04 Å². The van der Waals surface area contributed by atoms with Crippen LogP contribution in [0.2, 0.25) is 0 Å². The number of piperazine rings is 1. The van der Waals surface area contributed by atoms with E-state index in [9.17, 15) is 5.11 Å². The average Bonchev–Trinajstić information content (AvgIpc) is 2.55. The van der Waals surface area contributed by atoms with Gasteiger partial charge >= 0.3 is 0 Å². The van der Waals surface area contributed by atoms with E-state index in [0.717, 1.165) is 51.3 Å². The standard InChI is InChI=1S/C19H32N2O2/c1-5-18-13-20(8-9-21(18)10-11-23-4)14-19(22)17-7-6-15(2)16(3)12-17/h6-7,12,18-19,22H,5,8-11,13-14H2,1-4H3/t18-,19+/m1/s1. The smallest absolute Gasteiger partial charge is 0.0917 e. The zero-order valence-corrected chi connectivity index (χ0v) is 15.1. The Morgan fingerprint density at radius 2 is 2.04 bits per heavy atom. The predicted octanol–water partition coefficient (Wildman–Crippen LogP) is 2.38. The number of hydrogen-bond donors (Lipinski definition) is 1. The number of aliphatic hydroxyl groups excluding tert-OH is 1. The van der Waals surface area contributed by atoms with E-state index < -0.39 is 6.10 Å². The lowest BCUT2D eigenvalue weighted by Crippen LogP contribution is -2.54. The molecule has 0 amide bonds. The first-order valence-corrected chi connectivity index (χ1v) is 8.75. The fourth-order valence-electron chi connectivity index (χ4n) is 3.34. The average molecular weight is 320 g/mol. The lowest BCUT2D eigenvalue weighted by atomic mass is 10.0. The van der Waals surface area contributed by atoms with E-state index in [4.69, 9.17) is 4.74 Å². The molecule has 0 unspecified atom stereocenters. The van der Waals surface area contributed by atoms with Crippen LogP contribution in [-0.2, 0) is 4.74 Å². The second-order valence-corrected chi connectivity index (χ2v) is 6.71. The fraction of sp³-hybridized carbons (Fsp3) is 0.684. The maximum absolute atomic E-state index is 10.6. The van der Waals surface area contributed by atoms with Crippen molar-refractivity contribution in [3.8, 4) is 0 Å². The molecule has 23 heavy (non-hydrogen) atoms. The molecule has 0 radical (unpaired) electrons. The third-order valence-electron chi connectivity index (χ3n) is 5.09. The van der Waals surface area contributed by atoms with Crippen LogP contribution in [0.5, 0.6) is 0 Å². The predicted molar refractivity (Wildman–Crippen MR) is 94.8 cm³/mol. The van der Waals surface area contributed by atoms with Crippen LogP contribution in [-0.4, -0.2) is 67.4 Å². The van der Waals surface area contributed by atoms with Crippen LogP contribution in [0.15, 0.2) is 18.2 Å². The zero-order chi connectivity index (χ0) is 16.8. The highest BCUT2D eigenvalue weighted by Gasteiger charge is 2.26. The van der Waals surface area contributed by atoms with Gasteiger partial charge < -0.3 is 9.84 Å². The normalized spacial score (nSPS) is 21.5. The SMILES string of the molecule is CC[C@@H]1CN(C[C@H](O)c2ccc(C)c(C)c2)CCN1CCOC. The summed E-state index contributed by atoms with van der Waals surface area (Å²) in [6.07, 6.45) is 0.734. The Hall–Kier alpha value is -0.940. The molecule has 0 saturated carbocycles. The Morgan fingerprint density at radius 1 is 1.26 bits per heavy atom. The van der Waals surface area contributed by atoms with Gasteiger partial charge in [0.2, 0.25) is 0 Å². The van der Waals surface area contributed by atoms with Gasteiger partial charge in [-0.05, 0) is 37.0 Å². The minimum absolute atomic E-state index is 0.405. The van der Waals surface area contributed by atoms with E-state index >= 15 is 0 Å². The van der Waals surface area contributed by atoms with Crippen LogP contribution in [0.25, 0.3) is 0 Å². The lowest BCUT2D eigenvalue weighted by Gasteiger charge is -2.41. The summed E-state index contributed by atoms with van der Waals surface area (Å²) in [6.45, 7) is 12.1. The molecule has 2 atom stereocenters. The summed E-state index contributed by atoms with van der Waals surface area (Å²) in [5.74, 6) is 0. The number of benzene rings is 1. The monoisotopic (exact) mass is 320 g/mol. The van der Waals surface area contributed by atoms with Crippen molar-refractivity contribution in [2.45, 2.75) is 39.3 Å². The Bertz CT molecular complexity index is 492. The molecule has 1 aromatic rings. The van der Waals surface area contributed by atoms with Crippen molar-refractivity contribution in [3.05, 3.63) is 34.9 Å². The molecule has 1 aliphatic heterocycles. The largest absolute Gasteiger partial charge is 0.387 e. The first kappa shape index (κ1) is 18.4. The highest BCUT2D eigenvalue weighted by atomic mass is 16.5. The van der Waals surface area contributed by atoms with Crippen molar-refractivity contribution in [2.24, 2.45) is 0 Å². The van der Waals surface area contributed by atoms with Gasteiger partial charge in [0.1, 0.15) is 0 Å². The van der Waals surface area contributed by atoms with Crippen LogP contribution >= 0.6 is 0 Å². The molecule has 1 saturated heterocycles. The minimum Gasteiger partial charge on any atom is -0.387 e. The first-order valence-electron chi connectivity index (χ1n) is 8.75. The van der Waals surface area contributed by atoms with Gasteiger partial charge in [-0.2, -0.15) is 0 Å². The van der Waals surface area contributed by atoms with Crippen molar-refractivity contribution >= 4 is 0 Å². The molecule has 1 aromatic carbocycles. The quantitative estimate of drug-likeness (QED) is 0.837. The van der Waals surface area contributed by atoms with Gasteiger partial charge in [0, 0.05) is 45.9 Å². The van der Waals surface area contributed by atoms with Crippen LogP contribution in [0.1, 0.15) is 36.1 Å². The van der Waals surface area contributed by atoms with Crippen molar-refractivity contribution in [3.63, 3.8) is 0 Å². The lowest BCUT2D eigenvalue weighted by molar-refractivity contribution is 0.0260. The number of hydrogen-bond acceptors (Lipinski definition) is 4. The van der Waals surface area contributed by atoms with Gasteiger partial charge in [-0.1, -0.05) is 25.1 Å². The zero-order valence-electron chi connectivity index (χ0n) is 15.1. The molecule has 1 fully saturated rings. The molecule has 130 valence electrons. The third kappa shape index (κ3) is 5.01. The minimum atomic E-state index is -0.405.